The monoisotopic (exact) mass is 483 g/mol. The van der Waals surface area contributed by atoms with E-state index < -0.39 is 10.0 Å². The number of amidine groups is 1. The number of rotatable bonds is 4. The molecule has 1 saturated heterocycles. The summed E-state index contributed by atoms with van der Waals surface area (Å²) in [5.41, 5.74) is 0.995. The van der Waals surface area contributed by atoms with Crippen LogP contribution in [0.1, 0.15) is 0 Å². The predicted octanol–water partition coefficient (Wildman–Crippen LogP) is 4.62. The van der Waals surface area contributed by atoms with Crippen molar-refractivity contribution in [3.8, 4) is 0 Å². The number of carbonyl (C=O) groups is 1. The Morgan fingerprint density at radius 3 is 2.62 bits per heavy atom. The van der Waals surface area contributed by atoms with Crippen molar-refractivity contribution < 1.29 is 13.2 Å². The van der Waals surface area contributed by atoms with Gasteiger partial charge in [0, 0.05) is 18.5 Å². The van der Waals surface area contributed by atoms with Gasteiger partial charge >= 0.3 is 0 Å². The molecule has 2 aliphatic heterocycles. The minimum absolute atomic E-state index is 0.0301. The topological polar surface area (TPSA) is 70.1 Å². The van der Waals surface area contributed by atoms with Crippen molar-refractivity contribution in [3.63, 3.8) is 0 Å². The van der Waals surface area contributed by atoms with Crippen LogP contribution in [0.15, 0.2) is 72.5 Å². The maximum absolute atomic E-state index is 13.1. The number of thioether (sulfide) groups is 2. The minimum Gasteiger partial charge on any atom is -0.337 e. The van der Waals surface area contributed by atoms with Gasteiger partial charge in [-0.3, -0.25) is 9.69 Å². The minimum atomic E-state index is -3.98. The molecule has 3 heterocycles. The van der Waals surface area contributed by atoms with Crippen LogP contribution < -0.4 is 4.90 Å². The summed E-state index contributed by atoms with van der Waals surface area (Å²) >= 11 is 9.32. The number of carbonyl (C=O) groups excluding carboxylic acids is 1. The SMILES string of the molecule is C=CCN1C(=O)/C(=C2\Sc3ccccc3N2C)SC1=NS(=O)(=O)c1ccc(Cl)s1. The van der Waals surface area contributed by atoms with Gasteiger partial charge in [-0.1, -0.05) is 41.6 Å². The third kappa shape index (κ3) is 3.75. The first kappa shape index (κ1) is 20.5. The first-order valence-corrected chi connectivity index (χ1v) is 12.5. The summed E-state index contributed by atoms with van der Waals surface area (Å²) < 4.78 is 29.7. The molecule has 1 fully saturated rings. The Morgan fingerprint density at radius 1 is 1.21 bits per heavy atom. The number of sulfonamides is 1. The Kier molecular flexibility index (Phi) is 5.56. The molecule has 2 aromatic rings. The molecule has 11 heteroatoms. The van der Waals surface area contributed by atoms with Gasteiger partial charge in [-0.25, -0.2) is 0 Å². The van der Waals surface area contributed by atoms with Gasteiger partial charge in [0.2, 0.25) is 0 Å². The molecule has 6 nitrogen and oxygen atoms in total. The fourth-order valence-corrected chi connectivity index (χ4v) is 7.77. The quantitative estimate of drug-likeness (QED) is 0.467. The van der Waals surface area contributed by atoms with E-state index in [-0.39, 0.29) is 21.8 Å². The number of benzene rings is 1. The van der Waals surface area contributed by atoms with E-state index in [1.807, 2.05) is 36.2 Å². The predicted molar refractivity (Wildman–Crippen MR) is 121 cm³/mol. The highest BCUT2D eigenvalue weighted by Gasteiger charge is 2.39. The molecule has 1 aromatic carbocycles. The first-order valence-electron chi connectivity index (χ1n) is 8.27. The van der Waals surface area contributed by atoms with Gasteiger partial charge in [0.05, 0.1) is 15.1 Å². The highest BCUT2D eigenvalue weighted by molar-refractivity contribution is 8.19. The lowest BCUT2D eigenvalue weighted by Crippen LogP contribution is -2.30. The lowest BCUT2D eigenvalue weighted by Gasteiger charge is -2.15. The molecular formula is C18H14ClN3O3S4. The van der Waals surface area contributed by atoms with E-state index in [9.17, 15) is 13.2 Å². The molecule has 1 amide bonds. The Labute approximate surface area is 186 Å². The van der Waals surface area contributed by atoms with Crippen molar-refractivity contribution >= 4 is 73.2 Å². The van der Waals surface area contributed by atoms with Crippen molar-refractivity contribution in [3.05, 3.63) is 63.3 Å². The molecule has 0 bridgehead atoms. The third-order valence-electron chi connectivity index (χ3n) is 4.11. The Balaban J connectivity index is 1.76. The van der Waals surface area contributed by atoms with Crippen molar-refractivity contribution in [2.24, 2.45) is 4.40 Å². The second-order valence-corrected chi connectivity index (χ2v) is 11.5. The summed E-state index contributed by atoms with van der Waals surface area (Å²) in [6.45, 7) is 3.82. The van der Waals surface area contributed by atoms with E-state index in [2.05, 4.69) is 11.0 Å². The van der Waals surface area contributed by atoms with Gasteiger partial charge in [0.15, 0.2) is 5.17 Å². The number of hydrogen-bond acceptors (Lipinski definition) is 7. The zero-order valence-electron chi connectivity index (χ0n) is 15.0. The van der Waals surface area contributed by atoms with Crippen molar-refractivity contribution in [2.75, 3.05) is 18.5 Å². The summed E-state index contributed by atoms with van der Waals surface area (Å²) in [7, 11) is -2.10. The summed E-state index contributed by atoms with van der Waals surface area (Å²) in [4.78, 5) is 17.8. The number of hydrogen-bond donors (Lipinski definition) is 0. The number of para-hydroxylation sites is 1. The van der Waals surface area contributed by atoms with Gasteiger partial charge in [-0.15, -0.1) is 22.3 Å². The Bertz CT molecular complexity index is 1190. The van der Waals surface area contributed by atoms with E-state index in [4.69, 9.17) is 11.6 Å². The first-order chi connectivity index (χ1) is 13.8. The average Bonchev–Trinajstić information content (AvgIpc) is 3.35. The van der Waals surface area contributed by atoms with Crippen molar-refractivity contribution in [1.82, 2.24) is 4.90 Å². The Hall–Kier alpha value is -1.72. The van der Waals surface area contributed by atoms with Crippen LogP contribution in [-0.2, 0) is 14.8 Å². The smallest absolute Gasteiger partial charge is 0.294 e. The van der Waals surface area contributed by atoms with Crippen LogP contribution in [0.2, 0.25) is 4.34 Å². The van der Waals surface area contributed by atoms with Gasteiger partial charge in [0.25, 0.3) is 15.9 Å². The molecule has 4 rings (SSSR count). The molecule has 0 aliphatic carbocycles. The number of nitrogens with zero attached hydrogens (tertiary/aromatic N) is 3. The van der Waals surface area contributed by atoms with Crippen LogP contribution in [0.5, 0.6) is 0 Å². The van der Waals surface area contributed by atoms with E-state index in [0.717, 1.165) is 38.7 Å². The lowest BCUT2D eigenvalue weighted by atomic mass is 10.3. The highest BCUT2D eigenvalue weighted by Crippen LogP contribution is 2.49. The van der Waals surface area contributed by atoms with Crippen LogP contribution in [0, 0.1) is 0 Å². The van der Waals surface area contributed by atoms with E-state index in [0.29, 0.717) is 9.24 Å². The fourth-order valence-electron chi connectivity index (χ4n) is 2.78. The summed E-state index contributed by atoms with van der Waals surface area (Å²) in [6, 6.07) is 10.7. The van der Waals surface area contributed by atoms with Gasteiger partial charge in [-0.2, -0.15) is 8.42 Å². The van der Waals surface area contributed by atoms with Gasteiger partial charge in [0.1, 0.15) is 9.11 Å². The number of fused-ring (bicyclic) bond motifs is 1. The fraction of sp³-hybridized carbons (Fsp3) is 0.111. The number of thiophene rings is 1. The summed E-state index contributed by atoms with van der Waals surface area (Å²) in [5.74, 6) is -0.296. The molecule has 0 spiro atoms. The van der Waals surface area contributed by atoms with Gasteiger partial charge in [-0.05, 0) is 36.0 Å². The van der Waals surface area contributed by atoms with Crippen molar-refractivity contribution in [1.29, 1.82) is 0 Å². The van der Waals surface area contributed by atoms with Crippen LogP contribution in [0.4, 0.5) is 5.69 Å². The molecule has 0 unspecified atom stereocenters. The lowest BCUT2D eigenvalue weighted by molar-refractivity contribution is -0.121. The van der Waals surface area contributed by atoms with E-state index in [1.165, 1.54) is 34.9 Å². The largest absolute Gasteiger partial charge is 0.337 e. The maximum Gasteiger partial charge on any atom is 0.294 e. The standard InChI is InChI=1S/C18H14ClN3O3S4/c1-3-10-22-16(23)15(17-21(2)11-6-4-5-7-12(11)26-17)28-18(22)20-29(24,25)14-9-8-13(19)27-14/h3-9H,1,10H2,2H3/b17-15+,20-18?. The molecule has 0 radical (unpaired) electrons. The normalized spacial score (nSPS) is 20.6. The second-order valence-electron chi connectivity index (χ2n) is 5.98. The second kappa shape index (κ2) is 7.84. The van der Waals surface area contributed by atoms with Crippen LogP contribution in [0.3, 0.4) is 0 Å². The number of amides is 1. The van der Waals surface area contributed by atoms with Crippen molar-refractivity contribution in [2.45, 2.75) is 9.10 Å². The van der Waals surface area contributed by atoms with Crippen LogP contribution >= 0.6 is 46.5 Å². The summed E-state index contributed by atoms with van der Waals surface area (Å²) in [5, 5.41) is 0.851. The zero-order chi connectivity index (χ0) is 20.8. The van der Waals surface area contributed by atoms with Crippen LogP contribution in [0.25, 0.3) is 0 Å². The molecule has 150 valence electrons. The van der Waals surface area contributed by atoms with Gasteiger partial charge < -0.3 is 4.90 Å². The third-order valence-corrected chi connectivity index (χ3v) is 9.62. The highest BCUT2D eigenvalue weighted by atomic mass is 35.5. The molecule has 0 atom stereocenters. The molecule has 2 aliphatic rings. The number of halogens is 1. The average molecular weight is 484 g/mol. The molecule has 29 heavy (non-hydrogen) atoms. The Morgan fingerprint density at radius 2 is 1.97 bits per heavy atom. The van der Waals surface area contributed by atoms with E-state index in [1.54, 1.807) is 0 Å². The molecule has 1 aromatic heterocycles. The molecular weight excluding hydrogens is 470 g/mol. The zero-order valence-corrected chi connectivity index (χ0v) is 19.1. The van der Waals surface area contributed by atoms with Crippen LogP contribution in [-0.4, -0.2) is 38.0 Å². The number of anilines is 1. The molecule has 0 N–H and O–H groups in total. The maximum atomic E-state index is 13.1. The van der Waals surface area contributed by atoms with E-state index >= 15 is 0 Å². The summed E-state index contributed by atoms with van der Waals surface area (Å²) in [6.07, 6.45) is 1.54. The molecule has 0 saturated carbocycles.